The molecule has 0 spiro atoms. The van der Waals surface area contributed by atoms with Crippen molar-refractivity contribution in [3.05, 3.63) is 18.2 Å². The van der Waals surface area contributed by atoms with Gasteiger partial charge in [-0.2, -0.15) is 0 Å². The van der Waals surface area contributed by atoms with Crippen LogP contribution in [0.5, 0.6) is 0 Å². The molecule has 0 aromatic carbocycles. The Labute approximate surface area is 67.2 Å². The van der Waals surface area contributed by atoms with Gasteiger partial charge >= 0.3 is 0 Å². The van der Waals surface area contributed by atoms with Gasteiger partial charge in [0.1, 0.15) is 0 Å². The van der Waals surface area contributed by atoms with Crippen LogP contribution >= 0.6 is 0 Å². The van der Waals surface area contributed by atoms with Crippen LogP contribution in [0, 0.1) is 0 Å². The van der Waals surface area contributed by atoms with Crippen molar-refractivity contribution < 1.29 is 0 Å². The van der Waals surface area contributed by atoms with Crippen molar-refractivity contribution in [2.45, 2.75) is 19.3 Å². The van der Waals surface area contributed by atoms with E-state index in [-0.39, 0.29) is 5.41 Å². The average molecular weight is 153 g/mol. The summed E-state index contributed by atoms with van der Waals surface area (Å²) in [6.45, 7) is 4.88. The minimum atomic E-state index is 0.0330. The van der Waals surface area contributed by atoms with E-state index in [0.717, 1.165) is 0 Å². The second-order valence-corrected chi connectivity index (χ2v) is 3.48. The third-order valence-electron chi connectivity index (χ3n) is 2.02. The van der Waals surface area contributed by atoms with Crippen LogP contribution in [0.2, 0.25) is 0 Å². The van der Waals surface area contributed by atoms with E-state index in [4.69, 9.17) is 5.73 Å². The number of hydrogen-bond acceptors (Lipinski definition) is 2. The first-order valence-electron chi connectivity index (χ1n) is 3.75. The van der Waals surface area contributed by atoms with E-state index >= 15 is 0 Å². The van der Waals surface area contributed by atoms with Crippen LogP contribution in [-0.4, -0.2) is 16.1 Å². The second-order valence-electron chi connectivity index (χ2n) is 3.48. The Morgan fingerprint density at radius 2 is 2.27 bits per heavy atom. The van der Waals surface area contributed by atoms with E-state index in [9.17, 15) is 0 Å². The lowest BCUT2D eigenvalue weighted by Gasteiger charge is -2.22. The quantitative estimate of drug-likeness (QED) is 0.678. The average Bonchev–Trinajstić information content (AvgIpc) is 2.36. The Hall–Kier alpha value is -0.830. The molecule has 1 aromatic rings. The number of nitrogens with two attached hydrogens (primary N) is 1. The first-order chi connectivity index (χ1) is 5.08. The highest BCUT2D eigenvalue weighted by Gasteiger charge is 2.21. The lowest BCUT2D eigenvalue weighted by Crippen LogP contribution is -2.30. The molecule has 1 aromatic heterocycles. The first kappa shape index (κ1) is 8.27. The third-order valence-corrected chi connectivity index (χ3v) is 2.02. The van der Waals surface area contributed by atoms with Crippen molar-refractivity contribution in [2.75, 3.05) is 6.54 Å². The van der Waals surface area contributed by atoms with Gasteiger partial charge in [-0.1, -0.05) is 13.8 Å². The summed E-state index contributed by atoms with van der Waals surface area (Å²) in [6, 6.07) is 0. The molecule has 0 atom stereocenters. The molecule has 0 saturated heterocycles. The predicted molar refractivity (Wildman–Crippen MR) is 45.3 cm³/mol. The molecule has 0 aliphatic rings. The normalized spacial score (nSPS) is 12.0. The van der Waals surface area contributed by atoms with Crippen LogP contribution < -0.4 is 5.73 Å². The Balaban J connectivity index is 3.00. The maximum absolute atomic E-state index is 5.63. The van der Waals surface area contributed by atoms with Crippen LogP contribution in [-0.2, 0) is 12.5 Å². The first-order valence-corrected chi connectivity index (χ1v) is 3.75. The molecule has 62 valence electrons. The predicted octanol–water partition coefficient (Wildman–Crippen LogP) is 0.656. The molecule has 0 fully saturated rings. The van der Waals surface area contributed by atoms with Crippen LogP contribution in [0.3, 0.4) is 0 Å². The second kappa shape index (κ2) is 2.66. The maximum Gasteiger partial charge on any atom is 0.0945 e. The summed E-state index contributed by atoms with van der Waals surface area (Å²) in [6.07, 6.45) is 3.67. The Bertz CT molecular complexity index is 237. The van der Waals surface area contributed by atoms with Gasteiger partial charge in [-0.25, -0.2) is 4.98 Å². The van der Waals surface area contributed by atoms with Crippen LogP contribution in [0.4, 0.5) is 0 Å². The molecule has 2 N–H and O–H groups in total. The van der Waals surface area contributed by atoms with Crippen LogP contribution in [0.15, 0.2) is 12.5 Å². The van der Waals surface area contributed by atoms with Gasteiger partial charge in [0.15, 0.2) is 0 Å². The molecule has 0 unspecified atom stereocenters. The Kier molecular flexibility index (Phi) is 2.00. The van der Waals surface area contributed by atoms with Gasteiger partial charge in [-0.3, -0.25) is 0 Å². The molecule has 0 aliphatic heterocycles. The Morgan fingerprint density at radius 1 is 1.64 bits per heavy atom. The van der Waals surface area contributed by atoms with E-state index in [0.29, 0.717) is 6.54 Å². The van der Waals surface area contributed by atoms with Gasteiger partial charge in [0.05, 0.1) is 6.33 Å². The third kappa shape index (κ3) is 1.43. The van der Waals surface area contributed by atoms with Crippen LogP contribution in [0.25, 0.3) is 0 Å². The summed E-state index contributed by atoms with van der Waals surface area (Å²) in [4.78, 5) is 4.04. The SMILES string of the molecule is Cn1cncc1C(C)(C)CN. The number of hydrogen-bond donors (Lipinski definition) is 1. The smallest absolute Gasteiger partial charge is 0.0945 e. The topological polar surface area (TPSA) is 43.8 Å². The zero-order valence-corrected chi connectivity index (χ0v) is 7.33. The molecule has 1 rings (SSSR count). The number of imidazole rings is 1. The summed E-state index contributed by atoms with van der Waals surface area (Å²) in [7, 11) is 1.99. The molecule has 0 bridgehead atoms. The zero-order valence-electron chi connectivity index (χ0n) is 7.33. The summed E-state index contributed by atoms with van der Waals surface area (Å²) >= 11 is 0. The van der Waals surface area contributed by atoms with Gasteiger partial charge in [-0.15, -0.1) is 0 Å². The summed E-state index contributed by atoms with van der Waals surface area (Å²) < 4.78 is 2.01. The molecule has 3 nitrogen and oxygen atoms in total. The van der Waals surface area contributed by atoms with E-state index in [2.05, 4.69) is 18.8 Å². The fraction of sp³-hybridized carbons (Fsp3) is 0.625. The summed E-state index contributed by atoms with van der Waals surface area (Å²) in [5.41, 5.74) is 6.84. The van der Waals surface area contributed by atoms with E-state index in [1.165, 1.54) is 5.69 Å². The molecule has 0 saturated carbocycles. The van der Waals surface area contributed by atoms with Crippen molar-refractivity contribution in [1.29, 1.82) is 0 Å². The van der Waals surface area contributed by atoms with E-state index < -0.39 is 0 Å². The molecule has 0 radical (unpaired) electrons. The van der Waals surface area contributed by atoms with Crippen molar-refractivity contribution >= 4 is 0 Å². The summed E-state index contributed by atoms with van der Waals surface area (Å²) in [5.74, 6) is 0. The molecular weight excluding hydrogens is 138 g/mol. The molecule has 0 amide bonds. The van der Waals surface area contributed by atoms with E-state index in [1.54, 1.807) is 6.33 Å². The van der Waals surface area contributed by atoms with Gasteiger partial charge in [0, 0.05) is 30.9 Å². The molecule has 0 aliphatic carbocycles. The highest BCUT2D eigenvalue weighted by Crippen LogP contribution is 2.19. The van der Waals surface area contributed by atoms with Crippen molar-refractivity contribution in [3.8, 4) is 0 Å². The van der Waals surface area contributed by atoms with Gasteiger partial charge in [0.2, 0.25) is 0 Å². The highest BCUT2D eigenvalue weighted by molar-refractivity contribution is 5.12. The fourth-order valence-electron chi connectivity index (χ4n) is 1.11. The van der Waals surface area contributed by atoms with Gasteiger partial charge in [-0.05, 0) is 0 Å². The molecule has 1 heterocycles. The van der Waals surface area contributed by atoms with Gasteiger partial charge in [0.25, 0.3) is 0 Å². The molecular formula is C8H15N3. The lowest BCUT2D eigenvalue weighted by atomic mass is 9.90. The maximum atomic E-state index is 5.63. The Morgan fingerprint density at radius 3 is 2.64 bits per heavy atom. The number of rotatable bonds is 2. The standard InChI is InChI=1S/C8H15N3/c1-8(2,5-9)7-4-10-6-11(7)3/h4,6H,5,9H2,1-3H3. The minimum Gasteiger partial charge on any atom is -0.337 e. The highest BCUT2D eigenvalue weighted by atomic mass is 15.0. The number of aromatic nitrogens is 2. The molecule has 3 heteroatoms. The monoisotopic (exact) mass is 153 g/mol. The summed E-state index contributed by atoms with van der Waals surface area (Å²) in [5, 5.41) is 0. The number of aryl methyl sites for hydroxylation is 1. The van der Waals surface area contributed by atoms with E-state index in [1.807, 2.05) is 17.8 Å². The number of nitrogens with zero attached hydrogens (tertiary/aromatic N) is 2. The largest absolute Gasteiger partial charge is 0.337 e. The van der Waals surface area contributed by atoms with Crippen molar-refractivity contribution in [3.63, 3.8) is 0 Å². The molecule has 11 heavy (non-hydrogen) atoms. The fourth-order valence-corrected chi connectivity index (χ4v) is 1.11. The van der Waals surface area contributed by atoms with Gasteiger partial charge < -0.3 is 10.3 Å². The lowest BCUT2D eigenvalue weighted by molar-refractivity contribution is 0.502. The van der Waals surface area contributed by atoms with Crippen molar-refractivity contribution in [2.24, 2.45) is 12.8 Å². The van der Waals surface area contributed by atoms with Crippen LogP contribution in [0.1, 0.15) is 19.5 Å². The van der Waals surface area contributed by atoms with Crippen molar-refractivity contribution in [1.82, 2.24) is 9.55 Å². The minimum absolute atomic E-state index is 0.0330. The zero-order chi connectivity index (χ0) is 8.48.